The molecule has 80 valence electrons. The second-order valence-corrected chi connectivity index (χ2v) is 4.37. The first-order valence-electron chi connectivity index (χ1n) is 5.35. The van der Waals surface area contributed by atoms with Crippen molar-refractivity contribution in [3.63, 3.8) is 0 Å². The van der Waals surface area contributed by atoms with Gasteiger partial charge in [0.2, 0.25) is 0 Å². The van der Waals surface area contributed by atoms with Gasteiger partial charge < -0.3 is 15.0 Å². The van der Waals surface area contributed by atoms with E-state index >= 15 is 0 Å². The van der Waals surface area contributed by atoms with Crippen LogP contribution in [0.15, 0.2) is 0 Å². The quantitative estimate of drug-likeness (QED) is 0.682. The number of carbonyl (C=O) groups excluding carboxylic acids is 1. The Morgan fingerprint density at radius 1 is 1.43 bits per heavy atom. The SMILES string of the molecule is CC1CN(C(=O)NC2CC2)C(C)CO1. The van der Waals surface area contributed by atoms with E-state index in [0.717, 1.165) is 12.8 Å². The van der Waals surface area contributed by atoms with E-state index in [-0.39, 0.29) is 18.2 Å². The predicted octanol–water partition coefficient (Wildman–Crippen LogP) is 0.968. The molecule has 4 nitrogen and oxygen atoms in total. The molecule has 1 saturated carbocycles. The number of amides is 2. The van der Waals surface area contributed by atoms with Crippen LogP contribution in [0.4, 0.5) is 4.79 Å². The Morgan fingerprint density at radius 2 is 2.14 bits per heavy atom. The van der Waals surface area contributed by atoms with Crippen LogP contribution in [-0.2, 0) is 4.74 Å². The Morgan fingerprint density at radius 3 is 2.79 bits per heavy atom. The van der Waals surface area contributed by atoms with Gasteiger partial charge in [-0.3, -0.25) is 0 Å². The Kier molecular flexibility index (Phi) is 2.63. The van der Waals surface area contributed by atoms with Crippen molar-refractivity contribution < 1.29 is 9.53 Å². The van der Waals surface area contributed by atoms with Crippen LogP contribution in [0.1, 0.15) is 26.7 Å². The van der Waals surface area contributed by atoms with Gasteiger partial charge in [0, 0.05) is 12.6 Å². The van der Waals surface area contributed by atoms with Gasteiger partial charge in [0.25, 0.3) is 0 Å². The number of nitrogens with one attached hydrogen (secondary N) is 1. The third-order valence-corrected chi connectivity index (χ3v) is 2.77. The number of carbonyl (C=O) groups is 1. The molecular formula is C10H18N2O2. The summed E-state index contributed by atoms with van der Waals surface area (Å²) in [6.45, 7) is 5.39. The number of nitrogens with zero attached hydrogens (tertiary/aromatic N) is 1. The van der Waals surface area contributed by atoms with E-state index in [0.29, 0.717) is 19.2 Å². The number of hydrogen-bond donors (Lipinski definition) is 1. The van der Waals surface area contributed by atoms with Crippen LogP contribution in [0.2, 0.25) is 0 Å². The first kappa shape index (κ1) is 9.77. The molecule has 0 bridgehead atoms. The highest BCUT2D eigenvalue weighted by Crippen LogP contribution is 2.20. The molecule has 1 N–H and O–H groups in total. The van der Waals surface area contributed by atoms with Gasteiger partial charge in [0.15, 0.2) is 0 Å². The van der Waals surface area contributed by atoms with E-state index < -0.39 is 0 Å². The maximum absolute atomic E-state index is 11.8. The fourth-order valence-corrected chi connectivity index (χ4v) is 1.67. The molecule has 0 radical (unpaired) electrons. The summed E-state index contributed by atoms with van der Waals surface area (Å²) in [6, 6.07) is 0.716. The fraction of sp³-hybridized carbons (Fsp3) is 0.900. The Bertz CT molecular complexity index is 228. The van der Waals surface area contributed by atoms with Crippen LogP contribution in [0.5, 0.6) is 0 Å². The Hall–Kier alpha value is -0.770. The zero-order valence-electron chi connectivity index (χ0n) is 8.82. The summed E-state index contributed by atoms with van der Waals surface area (Å²) < 4.78 is 5.47. The maximum atomic E-state index is 11.8. The zero-order chi connectivity index (χ0) is 10.1. The first-order valence-corrected chi connectivity index (χ1v) is 5.35. The lowest BCUT2D eigenvalue weighted by molar-refractivity contribution is -0.0318. The van der Waals surface area contributed by atoms with Crippen LogP contribution in [-0.4, -0.2) is 42.3 Å². The van der Waals surface area contributed by atoms with Gasteiger partial charge in [-0.05, 0) is 26.7 Å². The summed E-state index contributed by atoms with van der Waals surface area (Å²) in [5.41, 5.74) is 0. The van der Waals surface area contributed by atoms with E-state index in [1.807, 2.05) is 18.7 Å². The molecule has 1 saturated heterocycles. The molecule has 1 aliphatic heterocycles. The third kappa shape index (κ3) is 2.18. The van der Waals surface area contributed by atoms with Crippen molar-refractivity contribution in [2.75, 3.05) is 13.2 Å². The highest BCUT2D eigenvalue weighted by Gasteiger charge is 2.31. The summed E-state index contributed by atoms with van der Waals surface area (Å²) in [5, 5.41) is 3.01. The van der Waals surface area contributed by atoms with Gasteiger partial charge in [-0.15, -0.1) is 0 Å². The maximum Gasteiger partial charge on any atom is 0.318 e. The molecule has 0 spiro atoms. The van der Waals surface area contributed by atoms with Crippen molar-refractivity contribution in [2.45, 2.75) is 44.9 Å². The molecule has 2 rings (SSSR count). The van der Waals surface area contributed by atoms with Crippen molar-refractivity contribution in [3.05, 3.63) is 0 Å². The van der Waals surface area contributed by atoms with Gasteiger partial charge in [-0.1, -0.05) is 0 Å². The second kappa shape index (κ2) is 3.77. The molecule has 2 unspecified atom stereocenters. The molecule has 14 heavy (non-hydrogen) atoms. The van der Waals surface area contributed by atoms with Gasteiger partial charge in [-0.2, -0.15) is 0 Å². The molecule has 0 aromatic carbocycles. The van der Waals surface area contributed by atoms with Gasteiger partial charge in [-0.25, -0.2) is 4.79 Å². The number of hydrogen-bond acceptors (Lipinski definition) is 2. The topological polar surface area (TPSA) is 41.6 Å². The van der Waals surface area contributed by atoms with E-state index in [1.165, 1.54) is 0 Å². The zero-order valence-corrected chi connectivity index (χ0v) is 8.82. The highest BCUT2D eigenvalue weighted by atomic mass is 16.5. The van der Waals surface area contributed by atoms with Crippen molar-refractivity contribution >= 4 is 6.03 Å². The molecule has 2 atom stereocenters. The molecule has 4 heteroatoms. The lowest BCUT2D eigenvalue weighted by Gasteiger charge is -2.36. The largest absolute Gasteiger partial charge is 0.375 e. The molecule has 0 aromatic heterocycles. The number of rotatable bonds is 1. The lowest BCUT2D eigenvalue weighted by atomic mass is 10.2. The Labute approximate surface area is 84.6 Å². The molecule has 1 aliphatic carbocycles. The summed E-state index contributed by atoms with van der Waals surface area (Å²) >= 11 is 0. The third-order valence-electron chi connectivity index (χ3n) is 2.77. The molecule has 1 heterocycles. The average Bonchev–Trinajstić information content (AvgIpc) is 2.93. The van der Waals surface area contributed by atoms with Gasteiger partial charge >= 0.3 is 6.03 Å². The average molecular weight is 198 g/mol. The van der Waals surface area contributed by atoms with Crippen molar-refractivity contribution in [1.82, 2.24) is 10.2 Å². The van der Waals surface area contributed by atoms with Crippen molar-refractivity contribution in [1.29, 1.82) is 0 Å². The minimum absolute atomic E-state index is 0.0788. The summed E-state index contributed by atoms with van der Waals surface area (Å²) in [6.07, 6.45) is 2.44. The monoisotopic (exact) mass is 198 g/mol. The number of ether oxygens (including phenoxy) is 1. The minimum Gasteiger partial charge on any atom is -0.375 e. The number of urea groups is 1. The summed E-state index contributed by atoms with van der Waals surface area (Å²) in [5.74, 6) is 0. The number of morpholine rings is 1. The van der Waals surface area contributed by atoms with Gasteiger partial charge in [0.1, 0.15) is 0 Å². The van der Waals surface area contributed by atoms with Crippen LogP contribution in [0.25, 0.3) is 0 Å². The smallest absolute Gasteiger partial charge is 0.318 e. The fourth-order valence-electron chi connectivity index (χ4n) is 1.67. The molecule has 0 aromatic rings. The summed E-state index contributed by atoms with van der Waals surface area (Å²) in [7, 11) is 0. The molecule has 2 amide bonds. The first-order chi connectivity index (χ1) is 6.66. The van der Waals surface area contributed by atoms with E-state index in [1.54, 1.807) is 0 Å². The van der Waals surface area contributed by atoms with Crippen molar-refractivity contribution in [2.24, 2.45) is 0 Å². The predicted molar refractivity (Wildman–Crippen MR) is 53.1 cm³/mol. The van der Waals surface area contributed by atoms with Crippen LogP contribution in [0.3, 0.4) is 0 Å². The molecule has 2 aliphatic rings. The van der Waals surface area contributed by atoms with Crippen molar-refractivity contribution in [3.8, 4) is 0 Å². The normalized spacial score (nSPS) is 32.9. The van der Waals surface area contributed by atoms with E-state index in [2.05, 4.69) is 5.32 Å². The van der Waals surface area contributed by atoms with E-state index in [9.17, 15) is 4.79 Å². The van der Waals surface area contributed by atoms with Gasteiger partial charge in [0.05, 0.1) is 18.8 Å². The van der Waals surface area contributed by atoms with E-state index in [4.69, 9.17) is 4.74 Å². The molecular weight excluding hydrogens is 180 g/mol. The summed E-state index contributed by atoms with van der Waals surface area (Å²) in [4.78, 5) is 13.6. The highest BCUT2D eigenvalue weighted by molar-refractivity contribution is 5.75. The lowest BCUT2D eigenvalue weighted by Crippen LogP contribution is -2.54. The Balaban J connectivity index is 1.88. The minimum atomic E-state index is 0.0788. The van der Waals surface area contributed by atoms with Crippen LogP contribution in [0, 0.1) is 0 Å². The molecule has 2 fully saturated rings. The van der Waals surface area contributed by atoms with Crippen LogP contribution < -0.4 is 5.32 Å². The van der Waals surface area contributed by atoms with Crippen LogP contribution >= 0.6 is 0 Å². The second-order valence-electron chi connectivity index (χ2n) is 4.37. The standard InChI is InChI=1S/C10H18N2O2/c1-7-6-14-8(2)5-12(7)10(13)11-9-3-4-9/h7-9H,3-6H2,1-2H3,(H,11,13).